The predicted molar refractivity (Wildman–Crippen MR) is 108 cm³/mol. The molecule has 0 radical (unpaired) electrons. The molecule has 0 bridgehead atoms. The Hall–Kier alpha value is -2.85. The first-order valence-corrected chi connectivity index (χ1v) is 9.81. The minimum absolute atomic E-state index is 0.154. The number of hydrogen-bond acceptors (Lipinski definition) is 8. The summed E-state index contributed by atoms with van der Waals surface area (Å²) in [5, 5.41) is 6.98. The zero-order valence-electron chi connectivity index (χ0n) is 17.6. The van der Waals surface area contributed by atoms with E-state index in [1.165, 1.54) is 0 Å². The molecule has 0 unspecified atom stereocenters. The van der Waals surface area contributed by atoms with Crippen LogP contribution in [-0.4, -0.2) is 68.7 Å². The number of ether oxygens (including phenoxy) is 4. The van der Waals surface area contributed by atoms with Crippen molar-refractivity contribution in [2.24, 2.45) is 0 Å². The highest BCUT2D eigenvalue weighted by Crippen LogP contribution is 2.30. The number of piperidine rings is 1. The molecule has 2 amide bonds. The number of rotatable bonds is 9. The van der Waals surface area contributed by atoms with E-state index in [2.05, 4.69) is 15.5 Å². The largest absolute Gasteiger partial charge is 0.497 e. The van der Waals surface area contributed by atoms with E-state index in [0.29, 0.717) is 55.2 Å². The van der Waals surface area contributed by atoms with E-state index >= 15 is 0 Å². The average Bonchev–Trinajstić information content (AvgIpc) is 3.26. The highest BCUT2D eigenvalue weighted by Gasteiger charge is 2.27. The molecule has 0 atom stereocenters. The van der Waals surface area contributed by atoms with Gasteiger partial charge in [-0.1, -0.05) is 5.16 Å². The van der Waals surface area contributed by atoms with Gasteiger partial charge in [-0.05, 0) is 25.0 Å². The van der Waals surface area contributed by atoms with Crippen molar-refractivity contribution in [3.8, 4) is 11.5 Å². The summed E-state index contributed by atoms with van der Waals surface area (Å²) < 4.78 is 26.1. The summed E-state index contributed by atoms with van der Waals surface area (Å²) in [7, 11) is 4.75. The fourth-order valence-electron chi connectivity index (χ4n) is 3.23. The average molecular weight is 420 g/mol. The van der Waals surface area contributed by atoms with E-state index in [-0.39, 0.29) is 18.6 Å². The molecule has 1 aliphatic rings. The Bertz CT molecular complexity index is 819. The van der Waals surface area contributed by atoms with Gasteiger partial charge in [-0.3, -0.25) is 0 Å². The number of urea groups is 1. The maximum absolute atomic E-state index is 12.7. The van der Waals surface area contributed by atoms with Gasteiger partial charge in [0, 0.05) is 32.2 Å². The van der Waals surface area contributed by atoms with Crippen LogP contribution in [0.5, 0.6) is 11.5 Å². The summed E-state index contributed by atoms with van der Waals surface area (Å²) in [4.78, 5) is 18.9. The minimum Gasteiger partial charge on any atom is -0.497 e. The summed E-state index contributed by atoms with van der Waals surface area (Å²) in [6, 6.07) is 5.10. The standard InChI is InChI=1S/C20H28N4O6/c1-26-10-11-29-13-18-22-19(23-30-18)14-6-8-24(9-7-14)20(25)21-16-5-4-15(27-2)12-17(16)28-3/h4-5,12,14H,6-11,13H2,1-3H3,(H,21,25). The molecule has 1 aliphatic heterocycles. The first-order chi connectivity index (χ1) is 14.6. The van der Waals surface area contributed by atoms with Crippen LogP contribution in [0.3, 0.4) is 0 Å². The number of hydrogen-bond donors (Lipinski definition) is 1. The van der Waals surface area contributed by atoms with Crippen LogP contribution in [0.2, 0.25) is 0 Å². The van der Waals surface area contributed by atoms with Gasteiger partial charge in [-0.2, -0.15) is 4.98 Å². The van der Waals surface area contributed by atoms with Crippen molar-refractivity contribution in [1.29, 1.82) is 0 Å². The van der Waals surface area contributed by atoms with E-state index in [0.717, 1.165) is 12.8 Å². The van der Waals surface area contributed by atoms with Gasteiger partial charge in [0.15, 0.2) is 5.82 Å². The SMILES string of the molecule is COCCOCc1nc(C2CCN(C(=O)Nc3ccc(OC)cc3OC)CC2)no1. The van der Waals surface area contributed by atoms with Gasteiger partial charge in [-0.15, -0.1) is 0 Å². The number of benzene rings is 1. The lowest BCUT2D eigenvalue weighted by molar-refractivity contribution is 0.0494. The molecule has 0 saturated carbocycles. The molecule has 30 heavy (non-hydrogen) atoms. The Morgan fingerprint density at radius 3 is 2.70 bits per heavy atom. The van der Waals surface area contributed by atoms with E-state index in [9.17, 15) is 4.79 Å². The van der Waals surface area contributed by atoms with E-state index in [1.807, 2.05) is 0 Å². The second kappa shape index (κ2) is 10.8. The first kappa shape index (κ1) is 21.8. The van der Waals surface area contributed by atoms with Crippen molar-refractivity contribution < 1.29 is 28.3 Å². The van der Waals surface area contributed by atoms with E-state index < -0.39 is 0 Å². The summed E-state index contributed by atoms with van der Waals surface area (Å²) >= 11 is 0. The third-order valence-electron chi connectivity index (χ3n) is 4.94. The predicted octanol–water partition coefficient (Wildman–Crippen LogP) is 2.66. The highest BCUT2D eigenvalue weighted by molar-refractivity contribution is 5.91. The second-order valence-corrected chi connectivity index (χ2v) is 6.85. The number of nitrogens with one attached hydrogen (secondary N) is 1. The normalized spacial score (nSPS) is 14.6. The third kappa shape index (κ3) is 5.61. The maximum atomic E-state index is 12.7. The molecule has 1 N–H and O–H groups in total. The lowest BCUT2D eigenvalue weighted by Crippen LogP contribution is -2.40. The Labute approximate surface area is 175 Å². The summed E-state index contributed by atoms with van der Waals surface area (Å²) in [5.41, 5.74) is 0.599. The molecule has 0 spiro atoms. The van der Waals surface area contributed by atoms with Crippen LogP contribution in [0.15, 0.2) is 22.7 Å². The van der Waals surface area contributed by atoms with Crippen LogP contribution in [-0.2, 0) is 16.1 Å². The molecule has 0 aliphatic carbocycles. The molecule has 164 valence electrons. The molecule has 2 aromatic rings. The smallest absolute Gasteiger partial charge is 0.321 e. The van der Waals surface area contributed by atoms with Gasteiger partial charge in [0.1, 0.15) is 18.1 Å². The lowest BCUT2D eigenvalue weighted by Gasteiger charge is -2.30. The zero-order chi connectivity index (χ0) is 21.3. The van der Waals surface area contributed by atoms with Gasteiger partial charge in [-0.25, -0.2) is 4.79 Å². The van der Waals surface area contributed by atoms with Gasteiger partial charge in [0.05, 0.1) is 33.1 Å². The molecule has 1 fully saturated rings. The van der Waals surface area contributed by atoms with Crippen molar-refractivity contribution in [3.05, 3.63) is 29.9 Å². The molecule has 1 aromatic carbocycles. The Morgan fingerprint density at radius 1 is 1.20 bits per heavy atom. The molecular weight excluding hydrogens is 392 g/mol. The van der Waals surface area contributed by atoms with E-state index in [1.54, 1.807) is 44.4 Å². The Kier molecular flexibility index (Phi) is 7.86. The molecule has 1 saturated heterocycles. The van der Waals surface area contributed by atoms with Crippen molar-refractivity contribution in [2.75, 3.05) is 52.9 Å². The fourth-order valence-corrected chi connectivity index (χ4v) is 3.23. The van der Waals surface area contributed by atoms with E-state index in [4.69, 9.17) is 23.5 Å². The summed E-state index contributed by atoms with van der Waals surface area (Å²) in [6.45, 7) is 2.46. The van der Waals surface area contributed by atoms with Gasteiger partial charge in [0.2, 0.25) is 0 Å². The van der Waals surface area contributed by atoms with Gasteiger partial charge < -0.3 is 33.7 Å². The molecule has 10 heteroatoms. The van der Waals surface area contributed by atoms with Crippen molar-refractivity contribution in [1.82, 2.24) is 15.0 Å². The van der Waals surface area contributed by atoms with Crippen LogP contribution in [0.1, 0.15) is 30.5 Å². The van der Waals surface area contributed by atoms with Gasteiger partial charge >= 0.3 is 6.03 Å². The van der Waals surface area contributed by atoms with Crippen LogP contribution in [0.25, 0.3) is 0 Å². The van der Waals surface area contributed by atoms with Crippen LogP contribution < -0.4 is 14.8 Å². The lowest BCUT2D eigenvalue weighted by atomic mass is 9.96. The number of carbonyl (C=O) groups excluding carboxylic acids is 1. The van der Waals surface area contributed by atoms with Crippen molar-refractivity contribution in [3.63, 3.8) is 0 Å². The number of anilines is 1. The number of nitrogens with zero attached hydrogens (tertiary/aromatic N) is 3. The maximum Gasteiger partial charge on any atom is 0.321 e. The molecule has 2 heterocycles. The monoisotopic (exact) mass is 420 g/mol. The Balaban J connectivity index is 1.49. The first-order valence-electron chi connectivity index (χ1n) is 9.81. The zero-order valence-corrected chi connectivity index (χ0v) is 17.6. The summed E-state index contributed by atoms with van der Waals surface area (Å²) in [5.74, 6) is 2.48. The topological polar surface area (TPSA) is 108 Å². The number of likely N-dealkylation sites (tertiary alicyclic amines) is 1. The number of aromatic nitrogens is 2. The third-order valence-corrected chi connectivity index (χ3v) is 4.94. The van der Waals surface area contributed by atoms with Crippen LogP contribution in [0.4, 0.5) is 10.5 Å². The van der Waals surface area contributed by atoms with Crippen molar-refractivity contribution in [2.45, 2.75) is 25.4 Å². The Morgan fingerprint density at radius 2 is 2.00 bits per heavy atom. The second-order valence-electron chi connectivity index (χ2n) is 6.85. The minimum atomic E-state index is -0.169. The molecular formula is C20H28N4O6. The quantitative estimate of drug-likeness (QED) is 0.617. The summed E-state index contributed by atoms with van der Waals surface area (Å²) in [6.07, 6.45) is 1.52. The van der Waals surface area contributed by atoms with Crippen molar-refractivity contribution >= 4 is 11.7 Å². The highest BCUT2D eigenvalue weighted by atomic mass is 16.5. The van der Waals surface area contributed by atoms with Crippen LogP contribution in [0, 0.1) is 0 Å². The number of carbonyl (C=O) groups is 1. The van der Waals surface area contributed by atoms with Gasteiger partial charge in [0.25, 0.3) is 5.89 Å². The molecule has 1 aromatic heterocycles. The number of amides is 2. The van der Waals surface area contributed by atoms with Crippen LogP contribution >= 0.6 is 0 Å². The molecule has 3 rings (SSSR count). The molecule has 10 nitrogen and oxygen atoms in total. The number of methoxy groups -OCH3 is 3. The fraction of sp³-hybridized carbons (Fsp3) is 0.550.